The molecule has 0 atom stereocenters. The molecule has 182 valence electrons. The van der Waals surface area contributed by atoms with E-state index in [1.54, 1.807) is 0 Å². The van der Waals surface area contributed by atoms with Gasteiger partial charge < -0.3 is 0 Å². The predicted molar refractivity (Wildman–Crippen MR) is 167 cm³/mol. The maximum absolute atomic E-state index is 6.24. The molecule has 0 nitrogen and oxygen atoms in total. The van der Waals surface area contributed by atoms with Crippen LogP contribution in [-0.4, -0.2) is 0 Å². The van der Waals surface area contributed by atoms with Crippen molar-refractivity contribution in [1.29, 1.82) is 0 Å². The van der Waals surface area contributed by atoms with Crippen LogP contribution in [0.15, 0.2) is 140 Å². The van der Waals surface area contributed by atoms with E-state index in [-0.39, 0.29) is 0 Å². The first-order valence-electron chi connectivity index (χ1n) is 13.3. The van der Waals surface area contributed by atoms with Crippen LogP contribution in [0.1, 0.15) is 0 Å². The molecule has 1 heteroatoms. The van der Waals surface area contributed by atoms with Crippen LogP contribution in [0.25, 0.3) is 77.2 Å². The molecule has 1 aliphatic rings. The molecule has 0 saturated carbocycles. The molecule has 8 rings (SSSR count). The van der Waals surface area contributed by atoms with E-state index in [9.17, 15) is 0 Å². The molecule has 0 aromatic heterocycles. The van der Waals surface area contributed by atoms with E-state index in [0.717, 1.165) is 5.02 Å². The zero-order valence-corrected chi connectivity index (χ0v) is 21.9. The van der Waals surface area contributed by atoms with Gasteiger partial charge in [-0.1, -0.05) is 139 Å². The Morgan fingerprint density at radius 2 is 0.795 bits per heavy atom. The van der Waals surface area contributed by atoms with Crippen molar-refractivity contribution in [2.75, 3.05) is 0 Å². The summed E-state index contributed by atoms with van der Waals surface area (Å²) >= 11 is 6.24. The highest BCUT2D eigenvalue weighted by molar-refractivity contribution is 6.31. The standard InChI is InChI=1S/C38H23Cl/c39-27-20-18-24(19-21-27)28-22-23-33-36-29(28)16-9-17-32(36)37-34(25-10-3-1-4-11-25)30-14-7-8-15-31(30)35(38(33)37)26-12-5-2-6-13-26/h1-23H. The Bertz CT molecular complexity index is 1940. The Kier molecular flexibility index (Phi) is 4.98. The Morgan fingerprint density at radius 3 is 1.38 bits per heavy atom. The van der Waals surface area contributed by atoms with Gasteiger partial charge >= 0.3 is 0 Å². The van der Waals surface area contributed by atoms with Crippen LogP contribution in [0, 0.1) is 0 Å². The van der Waals surface area contributed by atoms with Crippen LogP contribution in [0.5, 0.6) is 0 Å². The molecule has 0 aliphatic heterocycles. The van der Waals surface area contributed by atoms with Crippen LogP contribution >= 0.6 is 11.6 Å². The lowest BCUT2D eigenvalue weighted by Crippen LogP contribution is -1.93. The minimum atomic E-state index is 0.754. The van der Waals surface area contributed by atoms with Crippen molar-refractivity contribution in [3.05, 3.63) is 145 Å². The maximum atomic E-state index is 6.24. The van der Waals surface area contributed by atoms with Crippen molar-refractivity contribution in [2.45, 2.75) is 0 Å². The Morgan fingerprint density at radius 1 is 0.308 bits per heavy atom. The first-order chi connectivity index (χ1) is 19.3. The summed E-state index contributed by atoms with van der Waals surface area (Å²) in [6.45, 7) is 0. The summed E-state index contributed by atoms with van der Waals surface area (Å²) in [6, 6.07) is 50.2. The van der Waals surface area contributed by atoms with E-state index >= 15 is 0 Å². The van der Waals surface area contributed by atoms with Gasteiger partial charge in [0.15, 0.2) is 0 Å². The van der Waals surface area contributed by atoms with E-state index < -0.39 is 0 Å². The Balaban J connectivity index is 1.57. The van der Waals surface area contributed by atoms with Crippen molar-refractivity contribution in [3.63, 3.8) is 0 Å². The van der Waals surface area contributed by atoms with E-state index in [0.29, 0.717) is 0 Å². The molecule has 0 amide bonds. The molecule has 0 bridgehead atoms. The summed E-state index contributed by atoms with van der Waals surface area (Å²) in [5.74, 6) is 0. The van der Waals surface area contributed by atoms with Gasteiger partial charge in [0.25, 0.3) is 0 Å². The lowest BCUT2D eigenvalue weighted by atomic mass is 9.82. The third-order valence-electron chi connectivity index (χ3n) is 8.08. The Labute approximate surface area is 232 Å². The van der Waals surface area contributed by atoms with Crippen LogP contribution < -0.4 is 0 Å². The largest absolute Gasteiger partial charge is 0.0843 e. The third-order valence-corrected chi connectivity index (χ3v) is 8.33. The van der Waals surface area contributed by atoms with Crippen LogP contribution in [0.2, 0.25) is 5.02 Å². The van der Waals surface area contributed by atoms with Gasteiger partial charge in [0.2, 0.25) is 0 Å². The zero-order chi connectivity index (χ0) is 25.9. The average molecular weight is 515 g/mol. The highest BCUT2D eigenvalue weighted by Crippen LogP contribution is 2.58. The van der Waals surface area contributed by atoms with Gasteiger partial charge in [-0.25, -0.2) is 0 Å². The van der Waals surface area contributed by atoms with Crippen LogP contribution in [0.4, 0.5) is 0 Å². The second-order valence-electron chi connectivity index (χ2n) is 10.2. The smallest absolute Gasteiger partial charge is 0.0406 e. The molecule has 0 unspecified atom stereocenters. The second-order valence-corrected chi connectivity index (χ2v) is 10.6. The minimum Gasteiger partial charge on any atom is -0.0843 e. The predicted octanol–water partition coefficient (Wildman–Crippen LogP) is 11.3. The summed E-state index contributed by atoms with van der Waals surface area (Å²) in [6.07, 6.45) is 0. The van der Waals surface area contributed by atoms with Crippen molar-refractivity contribution in [3.8, 4) is 55.6 Å². The molecule has 1 aliphatic carbocycles. The molecule has 7 aromatic rings. The average Bonchev–Trinajstić information content (AvgIpc) is 3.32. The molecule has 0 fully saturated rings. The first-order valence-corrected chi connectivity index (χ1v) is 13.7. The van der Waals surface area contributed by atoms with Crippen molar-refractivity contribution >= 4 is 33.1 Å². The van der Waals surface area contributed by atoms with E-state index in [2.05, 4.69) is 127 Å². The van der Waals surface area contributed by atoms with Crippen molar-refractivity contribution in [1.82, 2.24) is 0 Å². The number of benzene rings is 7. The van der Waals surface area contributed by atoms with Crippen LogP contribution in [-0.2, 0) is 0 Å². The summed E-state index contributed by atoms with van der Waals surface area (Å²) in [5.41, 5.74) is 12.8. The molecule has 0 N–H and O–H groups in total. The highest BCUT2D eigenvalue weighted by Gasteiger charge is 2.30. The number of hydrogen-bond acceptors (Lipinski definition) is 0. The van der Waals surface area contributed by atoms with Crippen LogP contribution in [0.3, 0.4) is 0 Å². The van der Waals surface area contributed by atoms with Gasteiger partial charge in [0, 0.05) is 5.02 Å². The molecule has 0 spiro atoms. The van der Waals surface area contributed by atoms with Gasteiger partial charge in [-0.15, -0.1) is 0 Å². The third kappa shape index (κ3) is 3.32. The quantitative estimate of drug-likeness (QED) is 0.220. The summed E-state index contributed by atoms with van der Waals surface area (Å²) in [4.78, 5) is 0. The fourth-order valence-corrected chi connectivity index (χ4v) is 6.62. The lowest BCUT2D eigenvalue weighted by Gasteiger charge is -2.20. The number of rotatable bonds is 3. The monoisotopic (exact) mass is 514 g/mol. The zero-order valence-electron chi connectivity index (χ0n) is 21.2. The van der Waals surface area contributed by atoms with E-state index in [1.807, 2.05) is 12.1 Å². The molecular weight excluding hydrogens is 492 g/mol. The molecular formula is C38H23Cl. The van der Waals surface area contributed by atoms with E-state index in [1.165, 1.54) is 77.2 Å². The fraction of sp³-hybridized carbons (Fsp3) is 0. The first kappa shape index (κ1) is 22.3. The topological polar surface area (TPSA) is 0 Å². The minimum absolute atomic E-state index is 0.754. The Hall–Kier alpha value is -4.65. The van der Waals surface area contributed by atoms with Crippen molar-refractivity contribution in [2.24, 2.45) is 0 Å². The molecule has 7 aromatic carbocycles. The van der Waals surface area contributed by atoms with Gasteiger partial charge in [-0.2, -0.15) is 0 Å². The number of hydrogen-bond donors (Lipinski definition) is 0. The number of halogens is 1. The molecule has 0 radical (unpaired) electrons. The SMILES string of the molecule is Clc1ccc(-c2ccc3c4c(cccc24)-c2c-3c(-c3ccccc3)c3ccccc3c2-c2ccccc2)cc1. The van der Waals surface area contributed by atoms with E-state index in [4.69, 9.17) is 11.6 Å². The summed E-state index contributed by atoms with van der Waals surface area (Å²) in [5, 5.41) is 5.91. The number of fused-ring (bicyclic) bond motifs is 4. The molecule has 0 saturated heterocycles. The van der Waals surface area contributed by atoms with Gasteiger partial charge in [-0.05, 0) is 89.3 Å². The van der Waals surface area contributed by atoms with Gasteiger partial charge in [0.05, 0.1) is 0 Å². The summed E-state index contributed by atoms with van der Waals surface area (Å²) in [7, 11) is 0. The maximum Gasteiger partial charge on any atom is 0.0406 e. The lowest BCUT2D eigenvalue weighted by molar-refractivity contribution is 1.62. The summed E-state index contributed by atoms with van der Waals surface area (Å²) < 4.78 is 0. The normalized spacial score (nSPS) is 11.7. The van der Waals surface area contributed by atoms with Gasteiger partial charge in [0.1, 0.15) is 0 Å². The van der Waals surface area contributed by atoms with Crippen molar-refractivity contribution < 1.29 is 0 Å². The highest BCUT2D eigenvalue weighted by atomic mass is 35.5. The fourth-order valence-electron chi connectivity index (χ4n) is 6.49. The molecule has 39 heavy (non-hydrogen) atoms. The van der Waals surface area contributed by atoms with Gasteiger partial charge in [-0.3, -0.25) is 0 Å². The second kappa shape index (κ2) is 8.70. The molecule has 0 heterocycles.